The van der Waals surface area contributed by atoms with Crippen LogP contribution in [0.2, 0.25) is 0 Å². The van der Waals surface area contributed by atoms with E-state index in [1.54, 1.807) is 12.0 Å². The van der Waals surface area contributed by atoms with E-state index < -0.39 is 11.6 Å². The van der Waals surface area contributed by atoms with Crippen LogP contribution in [0.1, 0.15) is 29.5 Å². The molecule has 2 aliphatic rings. The maximum atomic E-state index is 13.6. The van der Waals surface area contributed by atoms with Gasteiger partial charge in [0.25, 0.3) is 0 Å². The predicted molar refractivity (Wildman–Crippen MR) is 150 cm³/mol. The van der Waals surface area contributed by atoms with Crippen LogP contribution < -0.4 is 10.1 Å². The molecule has 0 radical (unpaired) electrons. The quantitative estimate of drug-likeness (QED) is 0.434. The van der Waals surface area contributed by atoms with Crippen molar-refractivity contribution in [3.8, 4) is 5.75 Å². The molecular weight excluding hydrogens is 490 g/mol. The van der Waals surface area contributed by atoms with Gasteiger partial charge in [0.1, 0.15) is 23.9 Å². The molecule has 0 aliphatic carbocycles. The molecule has 2 fully saturated rings. The Morgan fingerprint density at radius 2 is 1.49 bits per heavy atom. The number of carbonyl (C=O) groups excluding carboxylic acids is 2. The van der Waals surface area contributed by atoms with E-state index in [9.17, 15) is 9.59 Å². The van der Waals surface area contributed by atoms with E-state index in [1.165, 1.54) is 5.56 Å². The van der Waals surface area contributed by atoms with Crippen molar-refractivity contribution in [3.63, 3.8) is 0 Å². The van der Waals surface area contributed by atoms with Gasteiger partial charge < -0.3 is 19.7 Å². The van der Waals surface area contributed by atoms with E-state index in [-0.39, 0.29) is 11.8 Å². The Kier molecular flexibility index (Phi) is 8.59. The molecule has 1 atom stereocenters. The zero-order valence-corrected chi connectivity index (χ0v) is 22.6. The number of methoxy groups -OCH3 is 1. The standard InChI is InChI=1S/C32H37N3O4/c1-38-21-20-35-30(36)29(22-25-8-4-2-5-9-25)33-31(37)32(35)16-18-34(19-17-32)23-26-12-14-28(15-13-26)39-24-27-10-6-3-7-11-27/h2-15,29H,16-24H2,1H3,(H,33,37). The Morgan fingerprint density at radius 1 is 0.846 bits per heavy atom. The van der Waals surface area contributed by atoms with Gasteiger partial charge in [0.2, 0.25) is 11.8 Å². The first-order chi connectivity index (χ1) is 19.1. The van der Waals surface area contributed by atoms with Crippen molar-refractivity contribution in [1.29, 1.82) is 0 Å². The Morgan fingerprint density at radius 3 is 2.13 bits per heavy atom. The van der Waals surface area contributed by atoms with Gasteiger partial charge in [0.05, 0.1) is 6.61 Å². The topological polar surface area (TPSA) is 71.1 Å². The molecule has 2 amide bonds. The van der Waals surface area contributed by atoms with E-state index >= 15 is 0 Å². The Balaban J connectivity index is 1.19. The molecule has 2 heterocycles. The average Bonchev–Trinajstić information content (AvgIpc) is 2.98. The second-order valence-corrected chi connectivity index (χ2v) is 10.4. The average molecular weight is 528 g/mol. The second-order valence-electron chi connectivity index (χ2n) is 10.4. The van der Waals surface area contributed by atoms with Crippen molar-refractivity contribution in [3.05, 3.63) is 102 Å². The third-order valence-corrected chi connectivity index (χ3v) is 7.87. The van der Waals surface area contributed by atoms with E-state index in [2.05, 4.69) is 34.5 Å². The molecular formula is C32H37N3O4. The fourth-order valence-electron chi connectivity index (χ4n) is 5.64. The minimum atomic E-state index is -0.825. The Hall–Kier alpha value is -3.68. The second kappa shape index (κ2) is 12.5. The lowest BCUT2D eigenvalue weighted by molar-refractivity contribution is -0.162. The van der Waals surface area contributed by atoms with Gasteiger partial charge in [0.15, 0.2) is 0 Å². The normalized spacial score (nSPS) is 19.2. The predicted octanol–water partition coefficient (Wildman–Crippen LogP) is 3.82. The van der Waals surface area contributed by atoms with Crippen LogP contribution in [-0.2, 0) is 33.9 Å². The number of carbonyl (C=O) groups is 2. The Bertz CT molecular complexity index is 1230. The smallest absolute Gasteiger partial charge is 0.246 e. The zero-order chi connectivity index (χ0) is 27.1. The SMILES string of the molecule is COCCN1C(=O)C(Cc2ccccc2)NC(=O)C12CCN(Cc1ccc(OCc3ccccc3)cc1)CC2. The van der Waals surface area contributed by atoms with Gasteiger partial charge in [-0.3, -0.25) is 14.5 Å². The third-order valence-electron chi connectivity index (χ3n) is 7.87. The fourth-order valence-corrected chi connectivity index (χ4v) is 5.64. The van der Waals surface area contributed by atoms with E-state index in [0.717, 1.165) is 36.5 Å². The zero-order valence-electron chi connectivity index (χ0n) is 22.6. The summed E-state index contributed by atoms with van der Waals surface area (Å²) >= 11 is 0. The van der Waals surface area contributed by atoms with E-state index in [1.807, 2.05) is 60.7 Å². The van der Waals surface area contributed by atoms with Crippen molar-refractivity contribution in [1.82, 2.24) is 15.1 Å². The van der Waals surface area contributed by atoms with Crippen molar-refractivity contribution >= 4 is 11.8 Å². The molecule has 3 aromatic carbocycles. The number of likely N-dealkylation sites (tertiary alicyclic amines) is 1. The third kappa shape index (κ3) is 6.32. The minimum Gasteiger partial charge on any atom is -0.489 e. The maximum Gasteiger partial charge on any atom is 0.246 e. The molecule has 0 aromatic heterocycles. The number of amides is 2. The molecule has 0 saturated carbocycles. The number of piperidine rings is 1. The highest BCUT2D eigenvalue weighted by atomic mass is 16.5. The van der Waals surface area contributed by atoms with E-state index in [0.29, 0.717) is 39.0 Å². The lowest BCUT2D eigenvalue weighted by Gasteiger charge is -2.51. The van der Waals surface area contributed by atoms with Gasteiger partial charge in [-0.2, -0.15) is 0 Å². The number of nitrogens with zero attached hydrogens (tertiary/aromatic N) is 2. The molecule has 2 saturated heterocycles. The number of benzene rings is 3. The first kappa shape index (κ1) is 26.9. The van der Waals surface area contributed by atoms with Gasteiger partial charge in [0, 0.05) is 39.7 Å². The molecule has 39 heavy (non-hydrogen) atoms. The van der Waals surface area contributed by atoms with Crippen LogP contribution in [0, 0.1) is 0 Å². The van der Waals surface area contributed by atoms with Crippen LogP contribution in [-0.4, -0.2) is 66.5 Å². The summed E-state index contributed by atoms with van der Waals surface area (Å²) in [7, 11) is 1.63. The summed E-state index contributed by atoms with van der Waals surface area (Å²) in [5.41, 5.74) is 2.54. The first-order valence-corrected chi connectivity index (χ1v) is 13.7. The van der Waals surface area contributed by atoms with Gasteiger partial charge in [-0.15, -0.1) is 0 Å². The van der Waals surface area contributed by atoms with Crippen LogP contribution in [0.4, 0.5) is 0 Å². The number of hydrogen-bond acceptors (Lipinski definition) is 5. The fraction of sp³-hybridized carbons (Fsp3) is 0.375. The summed E-state index contributed by atoms with van der Waals surface area (Å²) in [6, 6.07) is 27.6. The molecule has 1 N–H and O–H groups in total. The molecule has 5 rings (SSSR count). The lowest BCUT2D eigenvalue weighted by atomic mass is 9.81. The highest BCUT2D eigenvalue weighted by molar-refractivity contribution is 6.00. The first-order valence-electron chi connectivity index (χ1n) is 13.7. The largest absolute Gasteiger partial charge is 0.489 e. The van der Waals surface area contributed by atoms with Crippen molar-refractivity contribution < 1.29 is 19.1 Å². The number of hydrogen-bond donors (Lipinski definition) is 1. The van der Waals surface area contributed by atoms with Crippen LogP contribution in [0.3, 0.4) is 0 Å². The van der Waals surface area contributed by atoms with Gasteiger partial charge >= 0.3 is 0 Å². The molecule has 7 heteroatoms. The number of rotatable bonds is 10. The van der Waals surface area contributed by atoms with Crippen LogP contribution in [0.5, 0.6) is 5.75 Å². The van der Waals surface area contributed by atoms with Crippen molar-refractivity contribution in [2.75, 3.05) is 33.4 Å². The summed E-state index contributed by atoms with van der Waals surface area (Å²) in [5, 5.41) is 3.07. The summed E-state index contributed by atoms with van der Waals surface area (Å²) in [6.45, 7) is 3.62. The van der Waals surface area contributed by atoms with E-state index in [4.69, 9.17) is 9.47 Å². The van der Waals surface area contributed by atoms with Crippen molar-refractivity contribution in [2.45, 2.75) is 44.0 Å². The van der Waals surface area contributed by atoms with Gasteiger partial charge in [-0.05, 0) is 41.7 Å². The number of ether oxygens (including phenoxy) is 2. The van der Waals surface area contributed by atoms with Crippen molar-refractivity contribution in [2.24, 2.45) is 0 Å². The summed E-state index contributed by atoms with van der Waals surface area (Å²) < 4.78 is 11.2. The minimum absolute atomic E-state index is 0.0185. The molecule has 3 aromatic rings. The van der Waals surface area contributed by atoms with Crippen LogP contribution in [0.15, 0.2) is 84.9 Å². The number of piperazine rings is 1. The lowest BCUT2D eigenvalue weighted by Crippen LogP contribution is -2.73. The maximum absolute atomic E-state index is 13.6. The van der Waals surface area contributed by atoms with Gasteiger partial charge in [-0.1, -0.05) is 72.8 Å². The Labute approximate surface area is 230 Å². The van der Waals surface area contributed by atoms with Gasteiger partial charge in [-0.25, -0.2) is 0 Å². The molecule has 1 spiro atoms. The highest BCUT2D eigenvalue weighted by Gasteiger charge is 2.53. The monoisotopic (exact) mass is 527 g/mol. The summed E-state index contributed by atoms with van der Waals surface area (Å²) in [4.78, 5) is 31.4. The molecule has 7 nitrogen and oxygen atoms in total. The summed E-state index contributed by atoms with van der Waals surface area (Å²) in [5.74, 6) is 0.783. The highest BCUT2D eigenvalue weighted by Crippen LogP contribution is 2.34. The summed E-state index contributed by atoms with van der Waals surface area (Å²) in [6.07, 6.45) is 1.69. The number of nitrogens with one attached hydrogen (secondary N) is 1. The molecule has 1 unspecified atom stereocenters. The molecule has 0 bridgehead atoms. The van der Waals surface area contributed by atoms with Crippen LogP contribution in [0.25, 0.3) is 0 Å². The molecule has 2 aliphatic heterocycles. The molecule has 204 valence electrons. The van der Waals surface area contributed by atoms with Crippen LogP contribution >= 0.6 is 0 Å².